The van der Waals surface area contributed by atoms with E-state index in [9.17, 15) is 4.79 Å². The van der Waals surface area contributed by atoms with Gasteiger partial charge in [-0.05, 0) is 23.3 Å². The summed E-state index contributed by atoms with van der Waals surface area (Å²) in [7, 11) is 0. The van der Waals surface area contributed by atoms with E-state index < -0.39 is 5.97 Å². The fourth-order valence-electron chi connectivity index (χ4n) is 1.61. The number of hydrogen-bond donors (Lipinski definition) is 1. The van der Waals surface area contributed by atoms with Crippen LogP contribution in [0.5, 0.6) is 5.75 Å². The van der Waals surface area contributed by atoms with E-state index in [0.717, 1.165) is 16.9 Å². The minimum Gasteiger partial charge on any atom is -0.489 e. The molecular formula is C15H14O3. The fourth-order valence-corrected chi connectivity index (χ4v) is 1.61. The number of rotatable bonds is 5. The summed E-state index contributed by atoms with van der Waals surface area (Å²) >= 11 is 0. The molecule has 3 nitrogen and oxygen atoms in total. The lowest BCUT2D eigenvalue weighted by molar-refractivity contribution is -0.136. The molecule has 0 unspecified atom stereocenters. The second kappa shape index (κ2) is 5.87. The third kappa shape index (κ3) is 3.63. The molecule has 0 aliphatic carbocycles. The summed E-state index contributed by atoms with van der Waals surface area (Å²) in [4.78, 5) is 10.5. The van der Waals surface area contributed by atoms with Crippen molar-refractivity contribution < 1.29 is 14.6 Å². The van der Waals surface area contributed by atoms with Gasteiger partial charge in [-0.2, -0.15) is 0 Å². The molecular weight excluding hydrogens is 228 g/mol. The summed E-state index contributed by atoms with van der Waals surface area (Å²) in [5.74, 6) is 0.00963. The predicted molar refractivity (Wildman–Crippen MR) is 68.6 cm³/mol. The monoisotopic (exact) mass is 242 g/mol. The van der Waals surface area contributed by atoms with Gasteiger partial charge in [0.15, 0.2) is 0 Å². The van der Waals surface area contributed by atoms with E-state index in [2.05, 4.69) is 0 Å². The molecule has 0 saturated carbocycles. The molecule has 0 bridgehead atoms. The average Bonchev–Trinajstić information content (AvgIpc) is 2.38. The highest BCUT2D eigenvalue weighted by Gasteiger charge is 2.00. The third-order valence-corrected chi connectivity index (χ3v) is 2.53. The minimum absolute atomic E-state index is 0.0554. The average molecular weight is 242 g/mol. The number of carbonyl (C=O) groups is 1. The summed E-state index contributed by atoms with van der Waals surface area (Å²) in [6, 6.07) is 17.0. The predicted octanol–water partition coefficient (Wildman–Crippen LogP) is 2.89. The third-order valence-electron chi connectivity index (χ3n) is 2.53. The first-order valence-electron chi connectivity index (χ1n) is 5.71. The van der Waals surface area contributed by atoms with Crippen LogP contribution in [-0.2, 0) is 17.8 Å². The molecule has 1 N–H and O–H groups in total. The molecule has 92 valence electrons. The van der Waals surface area contributed by atoms with Gasteiger partial charge < -0.3 is 9.84 Å². The molecule has 18 heavy (non-hydrogen) atoms. The topological polar surface area (TPSA) is 46.5 Å². The van der Waals surface area contributed by atoms with E-state index >= 15 is 0 Å². The largest absolute Gasteiger partial charge is 0.489 e. The molecule has 0 saturated heterocycles. The summed E-state index contributed by atoms with van der Waals surface area (Å²) in [6.45, 7) is 0.483. The van der Waals surface area contributed by atoms with Crippen LogP contribution in [0.3, 0.4) is 0 Å². The molecule has 0 aliphatic rings. The van der Waals surface area contributed by atoms with E-state index in [-0.39, 0.29) is 6.42 Å². The highest BCUT2D eigenvalue weighted by atomic mass is 16.5. The second-order valence-corrected chi connectivity index (χ2v) is 3.99. The van der Waals surface area contributed by atoms with E-state index in [0.29, 0.717) is 6.61 Å². The van der Waals surface area contributed by atoms with Crippen molar-refractivity contribution in [2.45, 2.75) is 13.0 Å². The maximum Gasteiger partial charge on any atom is 0.307 e. The van der Waals surface area contributed by atoms with E-state index in [1.54, 1.807) is 0 Å². The Hall–Kier alpha value is -2.29. The number of ether oxygens (including phenoxy) is 1. The van der Waals surface area contributed by atoms with Crippen LogP contribution in [0.4, 0.5) is 0 Å². The summed E-state index contributed by atoms with van der Waals surface area (Å²) in [6.07, 6.45) is 0.0554. The Morgan fingerprint density at radius 3 is 2.17 bits per heavy atom. The summed E-state index contributed by atoms with van der Waals surface area (Å²) in [5, 5.41) is 8.66. The standard InChI is InChI=1S/C15H14O3/c16-15(17)10-12-6-8-13(9-7-12)11-18-14-4-2-1-3-5-14/h1-9H,10-11H2,(H,16,17). The first kappa shape index (κ1) is 12.2. The van der Waals surface area contributed by atoms with Crippen LogP contribution in [0.25, 0.3) is 0 Å². The van der Waals surface area contributed by atoms with Crippen LogP contribution in [0.1, 0.15) is 11.1 Å². The molecule has 3 heteroatoms. The van der Waals surface area contributed by atoms with Crippen molar-refractivity contribution in [3.8, 4) is 5.75 Å². The van der Waals surface area contributed by atoms with Gasteiger partial charge in [0, 0.05) is 0 Å². The van der Waals surface area contributed by atoms with Gasteiger partial charge in [-0.15, -0.1) is 0 Å². The number of aliphatic carboxylic acids is 1. The molecule has 2 aromatic carbocycles. The zero-order chi connectivity index (χ0) is 12.8. The molecule has 0 spiro atoms. The van der Waals surface area contributed by atoms with Crippen LogP contribution < -0.4 is 4.74 Å². The van der Waals surface area contributed by atoms with Crippen LogP contribution in [0.15, 0.2) is 54.6 Å². The van der Waals surface area contributed by atoms with E-state index in [4.69, 9.17) is 9.84 Å². The SMILES string of the molecule is O=C(O)Cc1ccc(COc2ccccc2)cc1. The van der Waals surface area contributed by atoms with Crippen molar-refractivity contribution in [1.29, 1.82) is 0 Å². The lowest BCUT2D eigenvalue weighted by Crippen LogP contribution is -2.00. The first-order valence-corrected chi connectivity index (χ1v) is 5.71. The fraction of sp³-hybridized carbons (Fsp3) is 0.133. The van der Waals surface area contributed by atoms with Crippen molar-refractivity contribution >= 4 is 5.97 Å². The molecule has 0 atom stereocenters. The van der Waals surface area contributed by atoms with Crippen molar-refractivity contribution in [2.75, 3.05) is 0 Å². The number of carboxylic acid groups (broad SMARTS) is 1. The Morgan fingerprint density at radius 1 is 0.944 bits per heavy atom. The number of carboxylic acids is 1. The Labute approximate surface area is 106 Å². The molecule has 2 aromatic rings. The lowest BCUT2D eigenvalue weighted by Gasteiger charge is -2.06. The van der Waals surface area contributed by atoms with Crippen molar-refractivity contribution in [3.05, 3.63) is 65.7 Å². The molecule has 0 radical (unpaired) electrons. The molecule has 0 aliphatic heterocycles. The van der Waals surface area contributed by atoms with Gasteiger partial charge in [-0.25, -0.2) is 0 Å². The molecule has 0 fully saturated rings. The summed E-state index contributed by atoms with van der Waals surface area (Å²) < 4.78 is 5.60. The second-order valence-electron chi connectivity index (χ2n) is 3.99. The maximum atomic E-state index is 10.5. The van der Waals surface area contributed by atoms with Crippen LogP contribution in [0.2, 0.25) is 0 Å². The van der Waals surface area contributed by atoms with Crippen LogP contribution in [-0.4, -0.2) is 11.1 Å². The van der Waals surface area contributed by atoms with Gasteiger partial charge in [0.05, 0.1) is 6.42 Å². The summed E-state index contributed by atoms with van der Waals surface area (Å²) in [5.41, 5.74) is 1.82. The van der Waals surface area contributed by atoms with Gasteiger partial charge in [0.2, 0.25) is 0 Å². The Morgan fingerprint density at radius 2 is 1.56 bits per heavy atom. The van der Waals surface area contributed by atoms with Gasteiger partial charge in [0.25, 0.3) is 0 Å². The maximum absolute atomic E-state index is 10.5. The van der Waals surface area contributed by atoms with E-state index in [1.165, 1.54) is 0 Å². The lowest BCUT2D eigenvalue weighted by atomic mass is 10.1. The van der Waals surface area contributed by atoms with Gasteiger partial charge in [0.1, 0.15) is 12.4 Å². The number of para-hydroxylation sites is 1. The minimum atomic E-state index is -0.816. The van der Waals surface area contributed by atoms with E-state index in [1.807, 2.05) is 54.6 Å². The molecule has 0 heterocycles. The van der Waals surface area contributed by atoms with Gasteiger partial charge in [-0.1, -0.05) is 42.5 Å². The van der Waals surface area contributed by atoms with Crippen LogP contribution >= 0.6 is 0 Å². The zero-order valence-electron chi connectivity index (χ0n) is 9.87. The van der Waals surface area contributed by atoms with Crippen molar-refractivity contribution in [1.82, 2.24) is 0 Å². The Kier molecular flexibility index (Phi) is 3.97. The van der Waals surface area contributed by atoms with Crippen LogP contribution in [0, 0.1) is 0 Å². The Balaban J connectivity index is 1.92. The highest BCUT2D eigenvalue weighted by Crippen LogP contribution is 2.12. The van der Waals surface area contributed by atoms with Crippen molar-refractivity contribution in [2.24, 2.45) is 0 Å². The van der Waals surface area contributed by atoms with Crippen molar-refractivity contribution in [3.63, 3.8) is 0 Å². The van der Waals surface area contributed by atoms with Gasteiger partial charge >= 0.3 is 5.97 Å². The smallest absolute Gasteiger partial charge is 0.307 e. The highest BCUT2D eigenvalue weighted by molar-refractivity contribution is 5.70. The van der Waals surface area contributed by atoms with Gasteiger partial charge in [-0.3, -0.25) is 4.79 Å². The normalized spacial score (nSPS) is 10.0. The first-order chi connectivity index (χ1) is 8.74. The Bertz CT molecular complexity index is 503. The number of benzene rings is 2. The number of hydrogen-bond acceptors (Lipinski definition) is 2. The molecule has 0 amide bonds. The quantitative estimate of drug-likeness (QED) is 0.876. The molecule has 2 rings (SSSR count). The zero-order valence-corrected chi connectivity index (χ0v) is 9.87. The molecule has 0 aromatic heterocycles.